The van der Waals surface area contributed by atoms with Gasteiger partial charge in [0, 0.05) is 10.8 Å². The van der Waals surface area contributed by atoms with E-state index in [0.717, 1.165) is 36.6 Å². The maximum Gasteiger partial charge on any atom is 0.192 e. The van der Waals surface area contributed by atoms with Crippen LogP contribution in [0.2, 0.25) is 18.1 Å². The van der Waals surface area contributed by atoms with E-state index in [9.17, 15) is 0 Å². The fraction of sp³-hybridized carbons (Fsp3) is 0.308. The first-order valence-corrected chi connectivity index (χ1v) is 15.3. The predicted molar refractivity (Wildman–Crippen MR) is 147 cm³/mol. The monoisotopic (exact) mass is 588 g/mol. The Morgan fingerprint density at radius 3 is 1.76 bits per heavy atom. The van der Waals surface area contributed by atoms with Gasteiger partial charge in [-0.05, 0) is 97.5 Å². The third-order valence-corrected chi connectivity index (χ3v) is 11.4. The van der Waals surface area contributed by atoms with Crippen molar-refractivity contribution in [3.05, 3.63) is 81.0 Å². The lowest BCUT2D eigenvalue weighted by Gasteiger charge is -2.36. The van der Waals surface area contributed by atoms with Gasteiger partial charge < -0.3 is 9.53 Å². The lowest BCUT2D eigenvalue weighted by molar-refractivity contribution is 0.276. The molecule has 2 aromatic carbocycles. The Hall–Kier alpha value is -1.64. The Kier molecular flexibility index (Phi) is 8.45. The summed E-state index contributed by atoms with van der Waals surface area (Å²) in [7, 11) is -1.69. The molecule has 7 heteroatoms. The number of rotatable bonds is 4. The summed E-state index contributed by atoms with van der Waals surface area (Å²) < 4.78 is 7.96. The van der Waals surface area contributed by atoms with E-state index in [1.54, 1.807) is 0 Å². The van der Waals surface area contributed by atoms with Crippen LogP contribution in [0.15, 0.2) is 69.9 Å². The van der Waals surface area contributed by atoms with E-state index >= 15 is 0 Å². The minimum Gasteiger partial charge on any atom is -0.413 e. The molecule has 4 rings (SSSR count). The molecule has 0 radical (unpaired) electrons. The Labute approximate surface area is 213 Å². The summed E-state index contributed by atoms with van der Waals surface area (Å²) in [5.41, 5.74) is 4.07. The zero-order valence-electron chi connectivity index (χ0n) is 19.7. The van der Waals surface area contributed by atoms with Gasteiger partial charge in [-0.2, -0.15) is 0 Å². The van der Waals surface area contributed by atoms with Gasteiger partial charge >= 0.3 is 0 Å². The second-order valence-electron chi connectivity index (χ2n) is 9.53. The molecule has 0 saturated carbocycles. The Morgan fingerprint density at radius 1 is 0.788 bits per heavy atom. The number of benzene rings is 2. The van der Waals surface area contributed by atoms with Gasteiger partial charge in [0.05, 0.1) is 24.2 Å². The molecule has 0 atom stereocenters. The molecule has 4 nitrogen and oxygen atoms in total. The lowest BCUT2D eigenvalue weighted by atomic mass is 10.1. The summed E-state index contributed by atoms with van der Waals surface area (Å²) in [6.07, 6.45) is 0. The normalized spacial score (nSPS) is 12.0. The van der Waals surface area contributed by atoms with Gasteiger partial charge in [-0.15, -0.1) is 0 Å². The standard InChI is InChI=1S/C16H22BrNOSi.C10H8BrNO/c1-16(2,3)20(4,5)19-11-12-6-8-14-13(10-12)7-9-15(17)18-14;11-10-4-2-8-5-7(6-13)1-3-9(8)12-10/h6-10H,11H2,1-5H3;1-5,13H,6H2. The minimum atomic E-state index is -1.69. The van der Waals surface area contributed by atoms with Crippen molar-refractivity contribution in [2.24, 2.45) is 0 Å². The van der Waals surface area contributed by atoms with Crippen LogP contribution in [0.1, 0.15) is 31.9 Å². The van der Waals surface area contributed by atoms with Gasteiger partial charge in [-0.25, -0.2) is 9.97 Å². The second-order valence-corrected chi connectivity index (χ2v) is 16.0. The molecule has 0 aliphatic rings. The van der Waals surface area contributed by atoms with Crippen molar-refractivity contribution in [1.29, 1.82) is 0 Å². The van der Waals surface area contributed by atoms with E-state index in [1.807, 2.05) is 36.4 Å². The number of pyridine rings is 2. The van der Waals surface area contributed by atoms with E-state index in [1.165, 1.54) is 5.56 Å². The minimum absolute atomic E-state index is 0.0754. The average molecular weight is 590 g/mol. The number of hydrogen-bond donors (Lipinski definition) is 1. The fourth-order valence-electron chi connectivity index (χ4n) is 2.97. The first kappa shape index (κ1) is 26.0. The summed E-state index contributed by atoms with van der Waals surface area (Å²) in [5, 5.41) is 11.4. The van der Waals surface area contributed by atoms with Crippen LogP contribution < -0.4 is 0 Å². The number of aromatic nitrogens is 2. The van der Waals surface area contributed by atoms with Crippen molar-refractivity contribution in [1.82, 2.24) is 9.97 Å². The molecule has 0 spiro atoms. The highest BCUT2D eigenvalue weighted by molar-refractivity contribution is 9.10. The smallest absolute Gasteiger partial charge is 0.192 e. The SMILES string of the molecule is CC(C)(C)[Si](C)(C)OCc1ccc2nc(Br)ccc2c1.OCc1ccc2nc(Br)ccc2c1. The molecule has 2 heterocycles. The van der Waals surface area contributed by atoms with Crippen LogP contribution in [0, 0.1) is 0 Å². The number of hydrogen-bond acceptors (Lipinski definition) is 4. The Balaban J connectivity index is 0.000000203. The predicted octanol–water partition coefficient (Wildman–Crippen LogP) is 8.01. The van der Waals surface area contributed by atoms with Crippen molar-refractivity contribution in [3.8, 4) is 0 Å². The molecule has 2 aromatic heterocycles. The third-order valence-electron chi connectivity index (χ3n) is 6.03. The molecule has 0 fully saturated rings. The average Bonchev–Trinajstić information content (AvgIpc) is 2.77. The van der Waals surface area contributed by atoms with E-state index in [-0.39, 0.29) is 11.6 Å². The molecular formula is C26H30Br2N2O2Si. The number of fused-ring (bicyclic) bond motifs is 2. The number of aliphatic hydroxyl groups excluding tert-OH is 1. The van der Waals surface area contributed by atoms with Crippen LogP contribution >= 0.6 is 31.9 Å². The van der Waals surface area contributed by atoms with E-state index in [0.29, 0.717) is 6.61 Å². The molecule has 0 bridgehead atoms. The van der Waals surface area contributed by atoms with Crippen LogP contribution in [0.25, 0.3) is 21.8 Å². The quantitative estimate of drug-likeness (QED) is 0.193. The van der Waals surface area contributed by atoms with Gasteiger partial charge in [0.25, 0.3) is 0 Å². The number of nitrogens with zero attached hydrogens (tertiary/aromatic N) is 2. The van der Waals surface area contributed by atoms with Crippen LogP contribution in [0.5, 0.6) is 0 Å². The molecule has 1 N–H and O–H groups in total. The Bertz CT molecular complexity index is 1260. The zero-order chi connectivity index (χ0) is 24.2. The van der Waals surface area contributed by atoms with Gasteiger partial charge in [-0.3, -0.25) is 0 Å². The second kappa shape index (κ2) is 10.7. The Morgan fingerprint density at radius 2 is 1.27 bits per heavy atom. The maximum absolute atomic E-state index is 8.92. The summed E-state index contributed by atoms with van der Waals surface area (Å²) in [6, 6.07) is 20.0. The summed E-state index contributed by atoms with van der Waals surface area (Å²) >= 11 is 6.71. The van der Waals surface area contributed by atoms with Gasteiger partial charge in [0.1, 0.15) is 9.21 Å². The molecule has 0 aliphatic heterocycles. The maximum atomic E-state index is 8.92. The highest BCUT2D eigenvalue weighted by Gasteiger charge is 2.36. The summed E-state index contributed by atoms with van der Waals surface area (Å²) in [4.78, 5) is 8.74. The van der Waals surface area contributed by atoms with Crippen LogP contribution in [0.3, 0.4) is 0 Å². The largest absolute Gasteiger partial charge is 0.413 e. The highest BCUT2D eigenvalue weighted by Crippen LogP contribution is 2.37. The van der Waals surface area contributed by atoms with Crippen molar-refractivity contribution >= 4 is 62.0 Å². The van der Waals surface area contributed by atoms with Crippen LogP contribution in [-0.2, 0) is 17.6 Å². The van der Waals surface area contributed by atoms with Crippen molar-refractivity contribution in [3.63, 3.8) is 0 Å². The number of aliphatic hydroxyl groups is 1. The molecular weight excluding hydrogens is 560 g/mol. The van der Waals surface area contributed by atoms with E-state index in [2.05, 4.69) is 100.0 Å². The summed E-state index contributed by atoms with van der Waals surface area (Å²) in [6.45, 7) is 12.1. The third kappa shape index (κ3) is 6.93. The van der Waals surface area contributed by atoms with Gasteiger partial charge in [0.2, 0.25) is 0 Å². The molecule has 174 valence electrons. The summed E-state index contributed by atoms with van der Waals surface area (Å²) in [5.74, 6) is 0. The van der Waals surface area contributed by atoms with E-state index < -0.39 is 8.32 Å². The molecule has 4 aromatic rings. The topological polar surface area (TPSA) is 55.2 Å². The highest BCUT2D eigenvalue weighted by atomic mass is 79.9. The molecule has 0 aliphatic carbocycles. The first-order valence-electron chi connectivity index (χ1n) is 10.8. The molecule has 0 amide bonds. The van der Waals surface area contributed by atoms with Crippen LogP contribution in [-0.4, -0.2) is 23.4 Å². The van der Waals surface area contributed by atoms with Crippen molar-refractivity contribution in [2.45, 2.75) is 52.1 Å². The zero-order valence-corrected chi connectivity index (χ0v) is 23.9. The molecule has 33 heavy (non-hydrogen) atoms. The van der Waals surface area contributed by atoms with Crippen molar-refractivity contribution in [2.75, 3.05) is 0 Å². The van der Waals surface area contributed by atoms with E-state index in [4.69, 9.17) is 9.53 Å². The first-order chi connectivity index (χ1) is 15.5. The van der Waals surface area contributed by atoms with Gasteiger partial charge in [-0.1, -0.05) is 45.0 Å². The fourth-order valence-corrected chi connectivity index (χ4v) is 4.58. The van der Waals surface area contributed by atoms with Crippen molar-refractivity contribution < 1.29 is 9.53 Å². The molecule has 0 saturated heterocycles. The van der Waals surface area contributed by atoms with Gasteiger partial charge in [0.15, 0.2) is 8.32 Å². The molecule has 0 unspecified atom stereocenters. The number of halogens is 2. The van der Waals surface area contributed by atoms with Crippen LogP contribution in [0.4, 0.5) is 0 Å². The lowest BCUT2D eigenvalue weighted by Crippen LogP contribution is -2.40.